The molecule has 0 spiro atoms. The van der Waals surface area contributed by atoms with E-state index in [1.807, 2.05) is 44.2 Å². The first-order valence-corrected chi connectivity index (χ1v) is 13.0. The predicted molar refractivity (Wildman–Crippen MR) is 146 cm³/mol. The minimum absolute atomic E-state index is 0.379. The Hall–Kier alpha value is -4.46. The van der Waals surface area contributed by atoms with Crippen LogP contribution in [0.3, 0.4) is 0 Å². The molecule has 7 nitrogen and oxygen atoms in total. The van der Waals surface area contributed by atoms with E-state index in [4.69, 9.17) is 14.7 Å². The summed E-state index contributed by atoms with van der Waals surface area (Å²) in [5, 5.41) is 33.3. The van der Waals surface area contributed by atoms with Crippen molar-refractivity contribution in [3.63, 3.8) is 0 Å². The van der Waals surface area contributed by atoms with Crippen LogP contribution in [0.2, 0.25) is 0 Å². The van der Waals surface area contributed by atoms with Crippen LogP contribution in [-0.4, -0.2) is 26.7 Å². The predicted octanol–water partition coefficient (Wildman–Crippen LogP) is 6.47. The van der Waals surface area contributed by atoms with Crippen molar-refractivity contribution in [1.82, 2.24) is 15.0 Å². The summed E-state index contributed by atoms with van der Waals surface area (Å²) < 4.78 is 6.10. The van der Waals surface area contributed by atoms with Crippen LogP contribution in [0.5, 0.6) is 5.75 Å². The molecular formula is C31H27N5O2. The molecule has 1 saturated carbocycles. The topological polar surface area (TPSA) is 119 Å². The number of fused-ring (bicyclic) bond motifs is 6. The van der Waals surface area contributed by atoms with Gasteiger partial charge in [0.25, 0.3) is 0 Å². The maximum atomic E-state index is 11.3. The number of nitrogens with one attached hydrogen (secondary N) is 1. The van der Waals surface area contributed by atoms with Crippen LogP contribution < -0.4 is 4.74 Å². The van der Waals surface area contributed by atoms with Gasteiger partial charge in [-0.2, -0.15) is 10.5 Å². The number of aromatic amines is 1. The van der Waals surface area contributed by atoms with Gasteiger partial charge in [-0.3, -0.25) is 0 Å². The van der Waals surface area contributed by atoms with Gasteiger partial charge in [0.2, 0.25) is 0 Å². The van der Waals surface area contributed by atoms with Crippen LogP contribution in [0.4, 0.5) is 0 Å². The highest BCUT2D eigenvalue weighted by Crippen LogP contribution is 2.39. The standard InChI is InChI=1S/C31H27N5O2/c1-3-31(37,4-2)25-13-12-23-27(34-25)24-14-21(38-17-18-8-9-18)10-11-22(24)28-29(23)36-30(35-28)26-19(15-32)6-5-7-20(26)16-33/h5-7,10-14,18,37H,3-4,8-9,17H2,1-2H3,(H,35,36). The third-order valence-electron chi connectivity index (χ3n) is 7.74. The van der Waals surface area contributed by atoms with Crippen molar-refractivity contribution in [1.29, 1.82) is 10.5 Å². The molecule has 5 aromatic rings. The number of pyridine rings is 1. The fourth-order valence-electron chi connectivity index (χ4n) is 5.13. The molecule has 0 unspecified atom stereocenters. The van der Waals surface area contributed by atoms with Crippen molar-refractivity contribution in [2.75, 3.05) is 6.61 Å². The Morgan fingerprint density at radius 3 is 2.32 bits per heavy atom. The van der Waals surface area contributed by atoms with Gasteiger partial charge in [0.1, 0.15) is 17.2 Å². The molecule has 0 bridgehead atoms. The molecule has 0 saturated heterocycles. The van der Waals surface area contributed by atoms with Gasteiger partial charge in [-0.1, -0.05) is 19.9 Å². The molecule has 2 heterocycles. The minimum Gasteiger partial charge on any atom is -0.493 e. The van der Waals surface area contributed by atoms with E-state index in [1.54, 1.807) is 18.2 Å². The number of aromatic nitrogens is 3. The lowest BCUT2D eigenvalue weighted by atomic mass is 9.92. The number of aliphatic hydroxyl groups is 1. The van der Waals surface area contributed by atoms with Crippen LogP contribution >= 0.6 is 0 Å². The summed E-state index contributed by atoms with van der Waals surface area (Å²) in [5.41, 5.74) is 3.07. The molecule has 2 aromatic heterocycles. The van der Waals surface area contributed by atoms with Gasteiger partial charge in [0.15, 0.2) is 0 Å². The SMILES string of the molecule is CCC(O)(CC)c1ccc2c(n1)c1cc(OCC3CC3)ccc1c1nc(-c3c(C#N)cccc3C#N)[nH]c21. The number of ether oxygens (including phenoxy) is 1. The Bertz CT molecular complexity index is 1770. The maximum absolute atomic E-state index is 11.3. The highest BCUT2D eigenvalue weighted by atomic mass is 16.5. The lowest BCUT2D eigenvalue weighted by Gasteiger charge is -2.25. The monoisotopic (exact) mass is 501 g/mol. The third kappa shape index (κ3) is 3.84. The van der Waals surface area contributed by atoms with Crippen molar-refractivity contribution in [3.05, 3.63) is 65.4 Å². The summed E-state index contributed by atoms with van der Waals surface area (Å²) in [6.45, 7) is 4.62. The number of nitrogens with zero attached hydrogens (tertiary/aromatic N) is 4. The Labute approximate surface area is 220 Å². The number of hydrogen-bond donors (Lipinski definition) is 2. The lowest BCUT2D eigenvalue weighted by Crippen LogP contribution is -2.24. The van der Waals surface area contributed by atoms with Crippen molar-refractivity contribution >= 4 is 32.7 Å². The van der Waals surface area contributed by atoms with Crippen LogP contribution in [0, 0.1) is 28.6 Å². The van der Waals surface area contributed by atoms with Gasteiger partial charge in [0, 0.05) is 16.2 Å². The molecule has 0 aliphatic heterocycles. The van der Waals surface area contributed by atoms with Gasteiger partial charge < -0.3 is 14.8 Å². The molecule has 1 aliphatic carbocycles. The summed E-state index contributed by atoms with van der Waals surface area (Å²) in [4.78, 5) is 13.3. The minimum atomic E-state index is -1.03. The highest BCUT2D eigenvalue weighted by Gasteiger charge is 2.28. The van der Waals surface area contributed by atoms with Gasteiger partial charge in [0.05, 0.1) is 57.7 Å². The van der Waals surface area contributed by atoms with E-state index in [0.717, 1.165) is 38.5 Å². The van der Waals surface area contributed by atoms with E-state index in [0.29, 0.717) is 53.6 Å². The second kappa shape index (κ2) is 9.13. The number of hydrogen-bond acceptors (Lipinski definition) is 6. The number of rotatable bonds is 7. The van der Waals surface area contributed by atoms with E-state index in [2.05, 4.69) is 17.1 Å². The number of imidazole rings is 1. The fourth-order valence-corrected chi connectivity index (χ4v) is 5.13. The lowest BCUT2D eigenvalue weighted by molar-refractivity contribution is 0.0243. The van der Waals surface area contributed by atoms with E-state index < -0.39 is 5.60 Å². The molecule has 7 heteroatoms. The second-order valence-electron chi connectivity index (χ2n) is 10.1. The Balaban J connectivity index is 1.66. The van der Waals surface area contributed by atoms with Crippen LogP contribution in [0.25, 0.3) is 44.1 Å². The van der Waals surface area contributed by atoms with Gasteiger partial charge in [-0.15, -0.1) is 0 Å². The molecule has 1 fully saturated rings. The fraction of sp³-hybridized carbons (Fsp3) is 0.290. The van der Waals surface area contributed by atoms with Crippen LogP contribution in [0.15, 0.2) is 48.5 Å². The molecule has 3 aromatic carbocycles. The molecule has 0 amide bonds. The first-order chi connectivity index (χ1) is 18.5. The zero-order chi connectivity index (χ0) is 26.4. The average molecular weight is 502 g/mol. The van der Waals surface area contributed by atoms with E-state index in [1.165, 1.54) is 12.8 Å². The van der Waals surface area contributed by atoms with E-state index >= 15 is 0 Å². The maximum Gasteiger partial charge on any atom is 0.141 e. The molecule has 6 rings (SSSR count). The summed E-state index contributed by atoms with van der Waals surface area (Å²) in [5.74, 6) is 1.86. The summed E-state index contributed by atoms with van der Waals surface area (Å²) in [6, 6.07) is 19.3. The number of benzene rings is 3. The summed E-state index contributed by atoms with van der Waals surface area (Å²) >= 11 is 0. The first-order valence-electron chi connectivity index (χ1n) is 13.0. The highest BCUT2D eigenvalue weighted by molar-refractivity contribution is 6.22. The third-order valence-corrected chi connectivity index (χ3v) is 7.74. The molecule has 188 valence electrons. The number of H-pyrrole nitrogens is 1. The quantitative estimate of drug-likeness (QED) is 0.247. The van der Waals surface area contributed by atoms with Crippen LogP contribution in [-0.2, 0) is 5.60 Å². The Morgan fingerprint density at radius 2 is 1.66 bits per heavy atom. The van der Waals surface area contributed by atoms with E-state index in [9.17, 15) is 15.6 Å². The summed E-state index contributed by atoms with van der Waals surface area (Å²) in [7, 11) is 0. The van der Waals surface area contributed by atoms with Crippen molar-refractivity contribution in [2.24, 2.45) is 5.92 Å². The van der Waals surface area contributed by atoms with Gasteiger partial charge in [-0.25, -0.2) is 9.97 Å². The van der Waals surface area contributed by atoms with Crippen molar-refractivity contribution < 1.29 is 9.84 Å². The van der Waals surface area contributed by atoms with Gasteiger partial charge in [-0.05, 0) is 74.1 Å². The Morgan fingerprint density at radius 1 is 0.947 bits per heavy atom. The zero-order valence-corrected chi connectivity index (χ0v) is 21.4. The largest absolute Gasteiger partial charge is 0.493 e. The molecule has 0 radical (unpaired) electrons. The molecule has 1 aliphatic rings. The molecule has 2 N–H and O–H groups in total. The second-order valence-corrected chi connectivity index (χ2v) is 10.1. The van der Waals surface area contributed by atoms with Crippen molar-refractivity contribution in [3.8, 4) is 29.3 Å². The number of nitriles is 2. The van der Waals surface area contributed by atoms with Gasteiger partial charge >= 0.3 is 0 Å². The van der Waals surface area contributed by atoms with Crippen molar-refractivity contribution in [2.45, 2.75) is 45.1 Å². The molecule has 38 heavy (non-hydrogen) atoms. The summed E-state index contributed by atoms with van der Waals surface area (Å²) in [6.07, 6.45) is 3.52. The molecular weight excluding hydrogens is 474 g/mol. The smallest absolute Gasteiger partial charge is 0.141 e. The normalized spacial score (nSPS) is 13.6. The average Bonchev–Trinajstić information content (AvgIpc) is 3.70. The van der Waals surface area contributed by atoms with E-state index in [-0.39, 0.29) is 0 Å². The Kier molecular flexibility index (Phi) is 5.75. The first kappa shape index (κ1) is 23.9. The zero-order valence-electron chi connectivity index (χ0n) is 21.4. The molecule has 0 atom stereocenters. The van der Waals surface area contributed by atoms with Crippen LogP contribution in [0.1, 0.15) is 56.4 Å².